The average molecular weight is 371 g/mol. The number of rotatable bonds is 6. The lowest BCUT2D eigenvalue weighted by atomic mass is 10.1. The van der Waals surface area contributed by atoms with Gasteiger partial charge in [-0.25, -0.2) is 19.9 Å². The van der Waals surface area contributed by atoms with Gasteiger partial charge in [0.05, 0.1) is 23.5 Å². The van der Waals surface area contributed by atoms with E-state index in [4.69, 9.17) is 15.5 Å². The monoisotopic (exact) mass is 371 g/mol. The molecular weight excluding hydrogens is 350 g/mol. The van der Waals surface area contributed by atoms with Crippen LogP contribution in [0.4, 0.5) is 5.95 Å². The van der Waals surface area contributed by atoms with E-state index in [9.17, 15) is 0 Å². The Morgan fingerprint density at radius 2 is 1.79 bits per heavy atom. The highest BCUT2D eigenvalue weighted by atomic mass is 16.5. The van der Waals surface area contributed by atoms with Crippen LogP contribution in [-0.2, 0) is 6.42 Å². The van der Waals surface area contributed by atoms with Crippen molar-refractivity contribution in [1.29, 1.82) is 0 Å². The number of ether oxygens (including phenoxy) is 1. The summed E-state index contributed by atoms with van der Waals surface area (Å²) in [6, 6.07) is 17.8. The van der Waals surface area contributed by atoms with Gasteiger partial charge in [-0.05, 0) is 30.2 Å². The molecule has 4 rings (SSSR count). The van der Waals surface area contributed by atoms with Crippen LogP contribution in [0.25, 0.3) is 22.3 Å². The Hall–Kier alpha value is -3.54. The number of anilines is 1. The number of nitrogens with two attached hydrogens (primary N) is 1. The average Bonchev–Trinajstić information content (AvgIpc) is 2.73. The van der Waals surface area contributed by atoms with Crippen LogP contribution in [0.3, 0.4) is 0 Å². The van der Waals surface area contributed by atoms with Crippen LogP contribution < -0.4 is 10.5 Å². The zero-order valence-corrected chi connectivity index (χ0v) is 15.7. The fourth-order valence-corrected chi connectivity index (χ4v) is 2.99. The van der Waals surface area contributed by atoms with Crippen LogP contribution in [0.15, 0.2) is 60.8 Å². The number of fused-ring (bicyclic) bond motifs is 1. The predicted octanol–water partition coefficient (Wildman–Crippen LogP) is 4.05. The van der Waals surface area contributed by atoms with Crippen molar-refractivity contribution in [1.82, 2.24) is 19.9 Å². The van der Waals surface area contributed by atoms with Crippen molar-refractivity contribution in [3.8, 4) is 17.1 Å². The highest BCUT2D eigenvalue weighted by Crippen LogP contribution is 2.24. The lowest BCUT2D eigenvalue weighted by Crippen LogP contribution is -2.03. The number of nitrogen functional groups attached to an aromatic ring is 1. The molecule has 0 saturated heterocycles. The van der Waals surface area contributed by atoms with E-state index in [0.717, 1.165) is 40.0 Å². The van der Waals surface area contributed by atoms with Crippen LogP contribution in [0, 0.1) is 0 Å². The first kappa shape index (κ1) is 17.9. The van der Waals surface area contributed by atoms with E-state index in [0.29, 0.717) is 18.9 Å². The first-order valence-electron chi connectivity index (χ1n) is 9.29. The molecule has 0 unspecified atom stereocenters. The maximum Gasteiger partial charge on any atom is 0.220 e. The third-order valence-corrected chi connectivity index (χ3v) is 4.33. The minimum atomic E-state index is 0.257. The van der Waals surface area contributed by atoms with Gasteiger partial charge < -0.3 is 10.5 Å². The Balaban J connectivity index is 1.71. The second kappa shape index (κ2) is 8.00. The molecule has 0 radical (unpaired) electrons. The number of pyridine rings is 2. The first-order chi connectivity index (χ1) is 13.7. The van der Waals surface area contributed by atoms with Gasteiger partial charge in [0.1, 0.15) is 5.52 Å². The highest BCUT2D eigenvalue weighted by molar-refractivity contribution is 5.81. The summed E-state index contributed by atoms with van der Waals surface area (Å²) in [5, 5.41) is 0. The molecule has 0 bridgehead atoms. The number of nitrogens with zero attached hydrogens (tertiary/aromatic N) is 4. The summed E-state index contributed by atoms with van der Waals surface area (Å²) < 4.78 is 5.55. The number of hydrogen-bond acceptors (Lipinski definition) is 6. The third-order valence-electron chi connectivity index (χ3n) is 4.33. The van der Waals surface area contributed by atoms with Crippen molar-refractivity contribution in [2.75, 3.05) is 12.3 Å². The van der Waals surface area contributed by atoms with Crippen LogP contribution in [0.1, 0.15) is 24.6 Å². The van der Waals surface area contributed by atoms with E-state index < -0.39 is 0 Å². The van der Waals surface area contributed by atoms with Crippen LogP contribution in [-0.4, -0.2) is 26.5 Å². The minimum absolute atomic E-state index is 0.257. The standard InChI is InChI=1S/C22H21N5O/c1-2-12-28-20-11-8-16(14-24-20)17-9-10-18-21(25-17)19(27-22(23)26-18)13-15-6-4-3-5-7-15/h3-11,14H,2,12-13H2,1H3,(H2,23,26,27). The molecule has 2 N–H and O–H groups in total. The molecule has 0 atom stereocenters. The van der Waals surface area contributed by atoms with E-state index >= 15 is 0 Å². The predicted molar refractivity (Wildman–Crippen MR) is 110 cm³/mol. The molecule has 0 amide bonds. The van der Waals surface area contributed by atoms with Gasteiger partial charge in [-0.2, -0.15) is 0 Å². The fourth-order valence-electron chi connectivity index (χ4n) is 2.99. The zero-order chi connectivity index (χ0) is 19.3. The molecule has 1 aromatic carbocycles. The Morgan fingerprint density at radius 1 is 0.929 bits per heavy atom. The van der Waals surface area contributed by atoms with E-state index in [-0.39, 0.29) is 5.95 Å². The summed E-state index contributed by atoms with van der Waals surface area (Å²) in [6.45, 7) is 2.72. The minimum Gasteiger partial charge on any atom is -0.478 e. The zero-order valence-electron chi connectivity index (χ0n) is 15.7. The van der Waals surface area contributed by atoms with Gasteiger partial charge in [0.2, 0.25) is 11.8 Å². The molecule has 0 aliphatic heterocycles. The van der Waals surface area contributed by atoms with E-state index in [1.807, 2.05) is 42.5 Å². The lowest BCUT2D eigenvalue weighted by molar-refractivity contribution is 0.305. The maximum absolute atomic E-state index is 5.91. The Bertz CT molecular complexity index is 1080. The largest absolute Gasteiger partial charge is 0.478 e. The van der Waals surface area contributed by atoms with E-state index in [1.165, 1.54) is 0 Å². The first-order valence-corrected chi connectivity index (χ1v) is 9.29. The molecule has 6 heteroatoms. The van der Waals surface area contributed by atoms with Gasteiger partial charge in [-0.3, -0.25) is 0 Å². The molecule has 3 aromatic heterocycles. The molecule has 3 heterocycles. The van der Waals surface area contributed by atoms with Crippen molar-refractivity contribution in [3.63, 3.8) is 0 Å². The quantitative estimate of drug-likeness (QED) is 0.550. The second-order valence-corrected chi connectivity index (χ2v) is 6.49. The fraction of sp³-hybridized carbons (Fsp3) is 0.182. The summed E-state index contributed by atoms with van der Waals surface area (Å²) in [7, 11) is 0. The molecule has 140 valence electrons. The summed E-state index contributed by atoms with van der Waals surface area (Å²) in [5.41, 5.74) is 11.1. The topological polar surface area (TPSA) is 86.8 Å². The molecule has 0 aliphatic carbocycles. The van der Waals surface area contributed by atoms with Crippen LogP contribution in [0.2, 0.25) is 0 Å². The Kier molecular flexibility index (Phi) is 5.10. The van der Waals surface area contributed by atoms with Gasteiger partial charge in [0.25, 0.3) is 0 Å². The van der Waals surface area contributed by atoms with Crippen molar-refractivity contribution in [2.24, 2.45) is 0 Å². The molecule has 0 spiro atoms. The summed E-state index contributed by atoms with van der Waals surface area (Å²) >= 11 is 0. The van der Waals surface area contributed by atoms with Crippen LogP contribution in [0.5, 0.6) is 5.88 Å². The van der Waals surface area contributed by atoms with Crippen molar-refractivity contribution >= 4 is 17.0 Å². The van der Waals surface area contributed by atoms with Gasteiger partial charge in [0.15, 0.2) is 0 Å². The molecule has 4 aromatic rings. The summed E-state index contributed by atoms with van der Waals surface area (Å²) in [4.78, 5) is 18.0. The van der Waals surface area contributed by atoms with Gasteiger partial charge in [-0.1, -0.05) is 37.3 Å². The Labute approximate surface area is 163 Å². The van der Waals surface area contributed by atoms with Gasteiger partial charge in [0, 0.05) is 24.2 Å². The number of benzene rings is 1. The Morgan fingerprint density at radius 3 is 2.54 bits per heavy atom. The second-order valence-electron chi connectivity index (χ2n) is 6.49. The van der Waals surface area contributed by atoms with Crippen molar-refractivity contribution in [3.05, 3.63) is 72.1 Å². The molecule has 0 aliphatic rings. The maximum atomic E-state index is 5.91. The normalized spacial score (nSPS) is 10.9. The molecular formula is C22H21N5O. The van der Waals surface area contributed by atoms with Gasteiger partial charge >= 0.3 is 0 Å². The summed E-state index contributed by atoms with van der Waals surface area (Å²) in [6.07, 6.45) is 3.36. The molecule has 6 nitrogen and oxygen atoms in total. The number of aromatic nitrogens is 4. The molecule has 0 saturated carbocycles. The smallest absolute Gasteiger partial charge is 0.220 e. The van der Waals surface area contributed by atoms with E-state index in [1.54, 1.807) is 6.20 Å². The summed E-state index contributed by atoms with van der Waals surface area (Å²) in [5.74, 6) is 0.874. The highest BCUT2D eigenvalue weighted by Gasteiger charge is 2.11. The van der Waals surface area contributed by atoms with E-state index in [2.05, 4.69) is 34.0 Å². The van der Waals surface area contributed by atoms with Crippen molar-refractivity contribution in [2.45, 2.75) is 19.8 Å². The SMILES string of the molecule is CCCOc1ccc(-c2ccc3nc(N)nc(Cc4ccccc4)c3n2)cn1. The molecule has 0 fully saturated rings. The van der Waals surface area contributed by atoms with Gasteiger partial charge in [-0.15, -0.1) is 0 Å². The third kappa shape index (κ3) is 3.91. The lowest BCUT2D eigenvalue weighted by Gasteiger charge is -2.09. The van der Waals surface area contributed by atoms with Crippen molar-refractivity contribution < 1.29 is 4.74 Å². The number of hydrogen-bond donors (Lipinski definition) is 1. The van der Waals surface area contributed by atoms with Crippen LogP contribution >= 0.6 is 0 Å². The molecule has 28 heavy (non-hydrogen) atoms.